The van der Waals surface area contributed by atoms with Crippen LogP contribution >= 0.6 is 0 Å². The van der Waals surface area contributed by atoms with Crippen molar-refractivity contribution >= 4 is 17.5 Å². The molecule has 0 aliphatic heterocycles. The lowest BCUT2D eigenvalue weighted by Crippen LogP contribution is -2.47. The summed E-state index contributed by atoms with van der Waals surface area (Å²) < 4.78 is 53.2. The number of nitrogens with one attached hydrogen (secondary N) is 2. The summed E-state index contributed by atoms with van der Waals surface area (Å²) in [6.07, 6.45) is -3.39. The number of pyridine rings is 1. The van der Waals surface area contributed by atoms with E-state index in [4.69, 9.17) is 15.2 Å². The van der Waals surface area contributed by atoms with Crippen molar-refractivity contribution in [3.63, 3.8) is 0 Å². The molecule has 0 aliphatic rings. The number of carbonyl (C=O) groups is 1. The maximum Gasteiger partial charge on any atom is 0.419 e. The Hall–Kier alpha value is -4.55. The third-order valence-corrected chi connectivity index (χ3v) is 5.74. The highest BCUT2D eigenvalue weighted by Gasteiger charge is 2.34. The minimum atomic E-state index is -4.66. The number of rotatable bonds is 7. The van der Waals surface area contributed by atoms with Crippen molar-refractivity contribution in [2.45, 2.75) is 39.4 Å². The number of fused-ring (bicyclic) bond motifs is 1. The smallest absolute Gasteiger partial charge is 0.419 e. The number of aromatic nitrogens is 4. The Labute approximate surface area is 228 Å². The Morgan fingerprint density at radius 3 is 2.50 bits per heavy atom. The van der Waals surface area contributed by atoms with Gasteiger partial charge in [0.25, 0.3) is 0 Å². The van der Waals surface area contributed by atoms with E-state index in [0.29, 0.717) is 39.8 Å². The van der Waals surface area contributed by atoms with Crippen molar-refractivity contribution in [2.75, 3.05) is 26.0 Å². The number of imidazole rings is 1. The van der Waals surface area contributed by atoms with Crippen molar-refractivity contribution in [1.29, 1.82) is 0 Å². The third-order valence-electron chi connectivity index (χ3n) is 5.74. The molecule has 4 N–H and O–H groups in total. The van der Waals surface area contributed by atoms with Crippen molar-refractivity contribution in [3.05, 3.63) is 53.9 Å². The summed E-state index contributed by atoms with van der Waals surface area (Å²) in [7, 11) is 1.50. The molecule has 1 aromatic carbocycles. The van der Waals surface area contributed by atoms with E-state index >= 15 is 0 Å². The number of nitrogens with two attached hydrogens (primary N) is 1. The molecule has 0 radical (unpaired) electrons. The molecule has 10 nitrogen and oxygen atoms in total. The highest BCUT2D eigenvalue weighted by Crippen LogP contribution is 2.36. The molecule has 4 aromatic rings. The Morgan fingerprint density at radius 2 is 1.82 bits per heavy atom. The number of amides is 2. The van der Waals surface area contributed by atoms with Crippen LogP contribution in [-0.4, -0.2) is 51.4 Å². The number of ether oxygens (including phenoxy) is 2. The summed E-state index contributed by atoms with van der Waals surface area (Å²) in [4.78, 5) is 20.1. The Kier molecular flexibility index (Phi) is 7.76. The molecule has 0 aliphatic carbocycles. The maximum atomic E-state index is 13.5. The van der Waals surface area contributed by atoms with E-state index in [9.17, 15) is 18.0 Å². The first-order valence-corrected chi connectivity index (χ1v) is 12.3. The maximum absolute atomic E-state index is 13.5. The largest absolute Gasteiger partial charge is 0.493 e. The van der Waals surface area contributed by atoms with Gasteiger partial charge in [0.05, 0.1) is 36.3 Å². The molecule has 40 heavy (non-hydrogen) atoms. The van der Waals surface area contributed by atoms with Crippen LogP contribution in [0, 0.1) is 6.92 Å². The van der Waals surface area contributed by atoms with E-state index in [2.05, 4.69) is 25.7 Å². The van der Waals surface area contributed by atoms with E-state index in [1.165, 1.54) is 17.8 Å². The van der Waals surface area contributed by atoms with Gasteiger partial charge >= 0.3 is 12.2 Å². The van der Waals surface area contributed by atoms with Gasteiger partial charge in [0.1, 0.15) is 12.4 Å². The van der Waals surface area contributed by atoms with Gasteiger partial charge in [0.2, 0.25) is 0 Å². The van der Waals surface area contributed by atoms with Crippen LogP contribution in [0.25, 0.3) is 28.2 Å². The van der Waals surface area contributed by atoms with Crippen LogP contribution in [0.15, 0.2) is 42.6 Å². The van der Waals surface area contributed by atoms with Gasteiger partial charge in [-0.25, -0.2) is 19.3 Å². The topological polar surface area (TPSA) is 129 Å². The third kappa shape index (κ3) is 6.35. The highest BCUT2D eigenvalue weighted by molar-refractivity contribution is 5.74. The SMILES string of the molecule is COc1cc(-c2ccc3nc(C)c(-c4cnc(N)c(C(F)(F)F)c4)n3n2)ccc1OCCNC(=O)NC(C)(C)C. The van der Waals surface area contributed by atoms with Crippen LogP contribution in [-0.2, 0) is 6.18 Å². The van der Waals surface area contributed by atoms with Gasteiger partial charge in [-0.3, -0.25) is 0 Å². The average Bonchev–Trinajstić information content (AvgIpc) is 3.20. The second kappa shape index (κ2) is 10.9. The van der Waals surface area contributed by atoms with Crippen molar-refractivity contribution < 1.29 is 27.4 Å². The van der Waals surface area contributed by atoms with E-state index in [-0.39, 0.29) is 30.3 Å². The molecule has 212 valence electrons. The number of aryl methyl sites for hydroxylation is 1. The predicted molar refractivity (Wildman–Crippen MR) is 144 cm³/mol. The van der Waals surface area contributed by atoms with Crippen LogP contribution in [0.1, 0.15) is 32.0 Å². The molecular formula is C27H30F3N7O3. The molecule has 0 bridgehead atoms. The lowest BCUT2D eigenvalue weighted by molar-refractivity contribution is -0.137. The molecule has 2 amide bonds. The zero-order chi connectivity index (χ0) is 29.2. The van der Waals surface area contributed by atoms with Crippen LogP contribution in [0.4, 0.5) is 23.8 Å². The van der Waals surface area contributed by atoms with E-state index in [1.807, 2.05) is 20.8 Å². The molecule has 13 heteroatoms. The zero-order valence-corrected chi connectivity index (χ0v) is 22.7. The van der Waals surface area contributed by atoms with E-state index < -0.39 is 17.6 Å². The van der Waals surface area contributed by atoms with Crippen molar-refractivity contribution in [3.8, 4) is 34.0 Å². The quantitative estimate of drug-likeness (QED) is 0.277. The van der Waals surface area contributed by atoms with Gasteiger partial charge in [0.15, 0.2) is 17.1 Å². The number of hydrogen-bond donors (Lipinski definition) is 3. The fourth-order valence-electron chi connectivity index (χ4n) is 4.02. The summed E-state index contributed by atoms with van der Waals surface area (Å²) in [6, 6.07) is 9.36. The number of methoxy groups -OCH3 is 1. The minimum absolute atomic E-state index is 0.183. The van der Waals surface area contributed by atoms with Crippen LogP contribution < -0.4 is 25.8 Å². The lowest BCUT2D eigenvalue weighted by Gasteiger charge is -2.20. The summed E-state index contributed by atoms with van der Waals surface area (Å²) in [5.41, 5.74) is 6.79. The average molecular weight is 558 g/mol. The monoisotopic (exact) mass is 557 g/mol. The molecule has 3 aromatic heterocycles. The molecule has 4 rings (SSSR count). The number of halogens is 3. The van der Waals surface area contributed by atoms with Gasteiger partial charge in [-0.15, -0.1) is 0 Å². The summed E-state index contributed by atoms with van der Waals surface area (Å²) in [6.45, 7) is 7.83. The minimum Gasteiger partial charge on any atom is -0.493 e. The van der Waals surface area contributed by atoms with Crippen molar-refractivity contribution in [2.24, 2.45) is 0 Å². The van der Waals surface area contributed by atoms with Crippen LogP contribution in [0.2, 0.25) is 0 Å². The molecule has 0 saturated carbocycles. The molecule has 0 unspecified atom stereocenters. The number of nitrogens with zero attached hydrogens (tertiary/aromatic N) is 4. The van der Waals surface area contributed by atoms with Crippen molar-refractivity contribution in [1.82, 2.24) is 30.2 Å². The first-order chi connectivity index (χ1) is 18.8. The number of benzene rings is 1. The molecule has 0 saturated heterocycles. The van der Waals surface area contributed by atoms with Gasteiger partial charge in [-0.2, -0.15) is 18.3 Å². The second-order valence-corrected chi connectivity index (χ2v) is 10.0. The number of nitrogen functional groups attached to an aromatic ring is 1. The molecule has 0 atom stereocenters. The summed E-state index contributed by atoms with van der Waals surface area (Å²) in [5, 5.41) is 10.2. The van der Waals surface area contributed by atoms with E-state index in [1.54, 1.807) is 37.3 Å². The Morgan fingerprint density at radius 1 is 1.07 bits per heavy atom. The number of alkyl halides is 3. The molecule has 0 fully saturated rings. The second-order valence-electron chi connectivity index (χ2n) is 10.0. The standard InChI is InChI=1S/C27H30F3N7O3/c1-15-23(17-12-18(27(28,29)30)24(31)33-14-17)37-22(34-15)9-7-19(36-37)16-6-8-20(21(13-16)39-5)40-11-10-32-25(38)35-26(2,3)4/h6-9,12-14H,10-11H2,1-5H3,(H2,31,33)(H2,32,35,38). The molecule has 3 heterocycles. The highest BCUT2D eigenvalue weighted by atomic mass is 19.4. The number of carbonyl (C=O) groups excluding carboxylic acids is 1. The van der Waals surface area contributed by atoms with Crippen LogP contribution in [0.5, 0.6) is 11.5 Å². The van der Waals surface area contributed by atoms with Gasteiger partial charge in [0, 0.05) is 22.9 Å². The fourth-order valence-corrected chi connectivity index (χ4v) is 4.02. The van der Waals surface area contributed by atoms with Gasteiger partial charge < -0.3 is 25.8 Å². The lowest BCUT2D eigenvalue weighted by atomic mass is 10.1. The molecule has 0 spiro atoms. The van der Waals surface area contributed by atoms with Gasteiger partial charge in [-0.05, 0) is 64.1 Å². The number of anilines is 1. The Bertz CT molecular complexity index is 1550. The van der Waals surface area contributed by atoms with Crippen LogP contribution in [0.3, 0.4) is 0 Å². The predicted octanol–water partition coefficient (Wildman–Crippen LogP) is 4.85. The van der Waals surface area contributed by atoms with E-state index in [0.717, 1.165) is 6.07 Å². The van der Waals surface area contributed by atoms with Gasteiger partial charge in [-0.1, -0.05) is 0 Å². The first kappa shape index (κ1) is 28.5. The normalized spacial score (nSPS) is 11.9. The molecular weight excluding hydrogens is 527 g/mol. The summed E-state index contributed by atoms with van der Waals surface area (Å²) in [5.74, 6) is 0.310. The zero-order valence-electron chi connectivity index (χ0n) is 22.7. The first-order valence-electron chi connectivity index (χ1n) is 12.3. The summed E-state index contributed by atoms with van der Waals surface area (Å²) >= 11 is 0. The Balaban J connectivity index is 1.59. The fraction of sp³-hybridized carbons (Fsp3) is 0.333. The number of hydrogen-bond acceptors (Lipinski definition) is 7. The number of urea groups is 1.